The zero-order valence-corrected chi connectivity index (χ0v) is 28.5. The molecule has 4 aromatic carbocycles. The fraction of sp³-hybridized carbons (Fsp3) is 0.278. The minimum absolute atomic E-state index is 0.0329. The number of rotatable bonds is 15. The number of nitrogens with one attached hydrogen (secondary N) is 2. The van der Waals surface area contributed by atoms with Gasteiger partial charge in [-0.3, -0.25) is 10.2 Å². The van der Waals surface area contributed by atoms with Gasteiger partial charge in [-0.25, -0.2) is 18.8 Å². The Balaban J connectivity index is 1.47. The molecule has 0 radical (unpaired) electrons. The number of nitrogens with zero attached hydrogens (tertiary/aromatic N) is 1. The lowest BCUT2D eigenvalue weighted by molar-refractivity contribution is -0.130. The van der Waals surface area contributed by atoms with Crippen molar-refractivity contribution in [3.05, 3.63) is 130 Å². The Morgan fingerprint density at radius 2 is 1.68 bits per heavy atom. The lowest BCUT2D eigenvalue weighted by Crippen LogP contribution is -2.53. The van der Waals surface area contributed by atoms with Crippen LogP contribution >= 0.6 is 15.9 Å². The molecular formula is C36H38BrN3O6S. The van der Waals surface area contributed by atoms with E-state index >= 15 is 0 Å². The van der Waals surface area contributed by atoms with Crippen LogP contribution in [0.15, 0.2) is 117 Å². The molecule has 4 aromatic rings. The summed E-state index contributed by atoms with van der Waals surface area (Å²) in [5, 5.41) is 9.06. The Labute approximate surface area is 284 Å². The molecule has 11 heteroatoms. The molecule has 0 bridgehead atoms. The minimum atomic E-state index is -3.76. The Morgan fingerprint density at radius 1 is 0.979 bits per heavy atom. The van der Waals surface area contributed by atoms with Gasteiger partial charge in [0.05, 0.1) is 17.3 Å². The van der Waals surface area contributed by atoms with Crippen molar-refractivity contribution in [2.45, 2.75) is 42.7 Å². The number of aryl methyl sites for hydroxylation is 1. The molecule has 3 N–H and O–H groups in total. The SMILES string of the molecule is Cc1ccc(CCNNC(=O)[C@@]2(CCS(=O)(=O)c3ccccc3)N=C(c3ccc(OCCCO)cc3)O[C@H]2c2ccc(Br)cc2)cc1. The number of ether oxygens (including phenoxy) is 2. The van der Waals surface area contributed by atoms with E-state index < -0.39 is 27.4 Å². The van der Waals surface area contributed by atoms with Crippen LogP contribution < -0.4 is 15.6 Å². The van der Waals surface area contributed by atoms with Gasteiger partial charge >= 0.3 is 0 Å². The number of halogens is 1. The van der Waals surface area contributed by atoms with Crippen molar-refractivity contribution in [3.8, 4) is 5.75 Å². The van der Waals surface area contributed by atoms with Crippen molar-refractivity contribution in [1.82, 2.24) is 10.9 Å². The maximum absolute atomic E-state index is 14.3. The smallest absolute Gasteiger partial charge is 0.266 e. The normalized spacial score (nSPS) is 17.5. The molecule has 0 fully saturated rings. The third kappa shape index (κ3) is 8.66. The molecule has 0 aliphatic carbocycles. The van der Waals surface area contributed by atoms with Crippen LogP contribution in [0.25, 0.3) is 0 Å². The van der Waals surface area contributed by atoms with Crippen molar-refractivity contribution in [3.63, 3.8) is 0 Å². The number of aliphatic imine (C=N–C) groups is 1. The van der Waals surface area contributed by atoms with Crippen LogP contribution in [0.5, 0.6) is 5.75 Å². The van der Waals surface area contributed by atoms with Crippen molar-refractivity contribution in [1.29, 1.82) is 0 Å². The first kappa shape index (κ1) is 34.3. The first-order chi connectivity index (χ1) is 22.7. The second-order valence-electron chi connectivity index (χ2n) is 11.3. The molecule has 47 heavy (non-hydrogen) atoms. The van der Waals surface area contributed by atoms with Gasteiger partial charge in [0.1, 0.15) is 5.75 Å². The molecule has 0 unspecified atom stereocenters. The number of hydrazine groups is 1. The Morgan fingerprint density at radius 3 is 2.36 bits per heavy atom. The summed E-state index contributed by atoms with van der Waals surface area (Å²) in [6.07, 6.45) is 0.122. The Hall–Kier alpha value is -4.03. The minimum Gasteiger partial charge on any atom is -0.494 e. The monoisotopic (exact) mass is 719 g/mol. The average Bonchev–Trinajstić information content (AvgIpc) is 3.49. The Bertz CT molecular complexity index is 1770. The van der Waals surface area contributed by atoms with Gasteiger partial charge in [-0.05, 0) is 73.0 Å². The molecule has 1 amide bonds. The third-order valence-corrected chi connectivity index (χ3v) is 10.2. The fourth-order valence-corrected chi connectivity index (χ4v) is 6.91. The highest BCUT2D eigenvalue weighted by molar-refractivity contribution is 9.10. The average molecular weight is 721 g/mol. The molecule has 0 spiro atoms. The van der Waals surface area contributed by atoms with Crippen LogP contribution in [-0.4, -0.2) is 56.4 Å². The highest BCUT2D eigenvalue weighted by Gasteiger charge is 2.53. The third-order valence-electron chi connectivity index (χ3n) is 7.92. The lowest BCUT2D eigenvalue weighted by atomic mass is 9.85. The number of aliphatic hydroxyl groups is 1. The van der Waals surface area contributed by atoms with Crippen LogP contribution in [0.2, 0.25) is 0 Å². The predicted molar refractivity (Wildman–Crippen MR) is 185 cm³/mol. The fourth-order valence-electron chi connectivity index (χ4n) is 5.26. The number of sulfone groups is 1. The zero-order valence-electron chi connectivity index (χ0n) is 26.1. The summed E-state index contributed by atoms with van der Waals surface area (Å²) in [7, 11) is -3.76. The summed E-state index contributed by atoms with van der Waals surface area (Å²) in [6, 6.07) is 30.8. The van der Waals surface area contributed by atoms with E-state index in [-0.39, 0.29) is 29.6 Å². The highest BCUT2D eigenvalue weighted by Crippen LogP contribution is 2.43. The van der Waals surface area contributed by atoms with E-state index in [9.17, 15) is 13.2 Å². The molecule has 246 valence electrons. The Kier molecular flexibility index (Phi) is 11.5. The summed E-state index contributed by atoms with van der Waals surface area (Å²) in [5.41, 5.74) is 7.78. The first-order valence-electron chi connectivity index (χ1n) is 15.4. The maximum Gasteiger partial charge on any atom is 0.266 e. The second kappa shape index (κ2) is 15.7. The highest BCUT2D eigenvalue weighted by atomic mass is 79.9. The van der Waals surface area contributed by atoms with E-state index in [4.69, 9.17) is 19.6 Å². The van der Waals surface area contributed by atoms with Gasteiger partial charge in [0, 0.05) is 36.0 Å². The number of hydrogen-bond acceptors (Lipinski definition) is 8. The first-order valence-corrected chi connectivity index (χ1v) is 17.9. The summed E-state index contributed by atoms with van der Waals surface area (Å²) >= 11 is 3.47. The van der Waals surface area contributed by atoms with E-state index in [0.717, 1.165) is 10.0 Å². The number of aliphatic hydroxyl groups excluding tert-OH is 1. The van der Waals surface area contributed by atoms with Gasteiger partial charge < -0.3 is 14.6 Å². The van der Waals surface area contributed by atoms with Crippen LogP contribution in [-0.2, 0) is 25.8 Å². The largest absolute Gasteiger partial charge is 0.494 e. The molecule has 5 rings (SSSR count). The molecule has 9 nitrogen and oxygen atoms in total. The van der Waals surface area contributed by atoms with E-state index in [1.54, 1.807) is 54.6 Å². The number of hydrogen-bond donors (Lipinski definition) is 3. The van der Waals surface area contributed by atoms with Crippen LogP contribution in [0, 0.1) is 6.92 Å². The van der Waals surface area contributed by atoms with Gasteiger partial charge in [0.2, 0.25) is 5.90 Å². The van der Waals surface area contributed by atoms with Gasteiger partial charge in [-0.1, -0.05) is 76.1 Å². The van der Waals surface area contributed by atoms with E-state index in [1.165, 1.54) is 5.56 Å². The molecule has 0 saturated carbocycles. The zero-order chi connectivity index (χ0) is 33.3. The molecule has 1 aliphatic heterocycles. The summed E-state index contributed by atoms with van der Waals surface area (Å²) in [4.78, 5) is 19.4. The van der Waals surface area contributed by atoms with E-state index in [0.29, 0.717) is 42.9 Å². The summed E-state index contributed by atoms with van der Waals surface area (Å²) in [6.45, 7) is 2.88. The van der Waals surface area contributed by atoms with E-state index in [2.05, 4.69) is 26.8 Å². The quantitative estimate of drug-likeness (QED) is 0.109. The summed E-state index contributed by atoms with van der Waals surface area (Å²) in [5.74, 6) is -0.0113. The number of carbonyl (C=O) groups is 1. The van der Waals surface area contributed by atoms with Crippen molar-refractivity contribution in [2.75, 3.05) is 25.5 Å². The molecular weight excluding hydrogens is 682 g/mol. The number of amides is 1. The standard InChI is InChI=1S/C36H38BrN3O6S/c1-26-8-10-27(11-9-26)20-22-38-40-35(42)36(21-25-47(43,44)32-6-3-2-4-7-32)33(28-12-16-30(37)17-13-28)46-34(39-36)29-14-18-31(19-15-29)45-24-5-23-41/h2-4,6-19,33,38,41H,5,20-25H2,1H3,(H,40,42)/t33-,36-/m0/s1. The van der Waals surface area contributed by atoms with Crippen LogP contribution in [0.4, 0.5) is 0 Å². The molecule has 1 aliphatic rings. The molecule has 0 saturated heterocycles. The van der Waals surface area contributed by atoms with Crippen molar-refractivity contribution >= 4 is 37.6 Å². The lowest BCUT2D eigenvalue weighted by Gasteiger charge is -2.30. The van der Waals surface area contributed by atoms with E-state index in [1.807, 2.05) is 55.5 Å². The topological polar surface area (TPSA) is 126 Å². The van der Waals surface area contributed by atoms with Gasteiger partial charge in [0.25, 0.3) is 5.91 Å². The second-order valence-corrected chi connectivity index (χ2v) is 14.4. The van der Waals surface area contributed by atoms with Crippen molar-refractivity contribution < 1.29 is 27.8 Å². The molecule has 0 aromatic heterocycles. The predicted octanol–water partition coefficient (Wildman–Crippen LogP) is 5.50. The van der Waals surface area contributed by atoms with Gasteiger partial charge in [-0.2, -0.15) is 0 Å². The molecule has 2 atom stereocenters. The number of benzene rings is 4. The van der Waals surface area contributed by atoms with Crippen molar-refractivity contribution in [2.24, 2.45) is 4.99 Å². The van der Waals surface area contributed by atoms with Gasteiger partial charge in [0.15, 0.2) is 21.5 Å². The summed E-state index contributed by atoms with van der Waals surface area (Å²) < 4.78 is 40.0. The maximum atomic E-state index is 14.3. The molecule has 1 heterocycles. The van der Waals surface area contributed by atoms with Crippen LogP contribution in [0.3, 0.4) is 0 Å². The van der Waals surface area contributed by atoms with Gasteiger partial charge in [-0.15, -0.1) is 0 Å². The number of carbonyl (C=O) groups excluding carboxylic acids is 1. The van der Waals surface area contributed by atoms with Crippen LogP contribution in [0.1, 0.15) is 41.2 Å².